The maximum atomic E-state index is 13.5. The number of pyridine rings is 1. The lowest BCUT2D eigenvalue weighted by Crippen LogP contribution is -2.61. The maximum absolute atomic E-state index is 13.5. The average Bonchev–Trinajstić information content (AvgIpc) is 3.72. The molecule has 0 radical (unpaired) electrons. The van der Waals surface area contributed by atoms with E-state index in [0.29, 0.717) is 40.6 Å². The van der Waals surface area contributed by atoms with E-state index in [4.69, 9.17) is 4.98 Å². The zero-order valence-corrected chi connectivity index (χ0v) is 33.6. The summed E-state index contributed by atoms with van der Waals surface area (Å²) in [6, 6.07) is 14.4. The Morgan fingerprint density at radius 1 is 1.02 bits per heavy atom. The van der Waals surface area contributed by atoms with Crippen molar-refractivity contribution >= 4 is 61.7 Å². The minimum absolute atomic E-state index is 0.224. The van der Waals surface area contributed by atoms with Gasteiger partial charge in [0, 0.05) is 69.6 Å². The molecule has 57 heavy (non-hydrogen) atoms. The van der Waals surface area contributed by atoms with Gasteiger partial charge >= 0.3 is 5.69 Å². The zero-order chi connectivity index (χ0) is 39.6. The number of nitrogens with one attached hydrogen (secondary N) is 2. The summed E-state index contributed by atoms with van der Waals surface area (Å²) in [6.07, 6.45) is 8.93. The number of benzene rings is 2. The van der Waals surface area contributed by atoms with E-state index in [1.807, 2.05) is 24.3 Å². The number of para-hydroxylation sites is 1. The molecule has 2 aromatic carbocycles. The monoisotopic (exact) mass is 790 g/mol. The van der Waals surface area contributed by atoms with Crippen LogP contribution in [0.25, 0.3) is 21.3 Å². The molecule has 3 N–H and O–H groups in total. The largest absolute Gasteiger partial charge is 0.386 e. The van der Waals surface area contributed by atoms with Crippen LogP contribution in [0.3, 0.4) is 0 Å². The summed E-state index contributed by atoms with van der Waals surface area (Å²) < 4.78 is 4.23. The summed E-state index contributed by atoms with van der Waals surface area (Å²) in [6.45, 7) is 8.71. The Kier molecular flexibility index (Phi) is 9.56. The number of hydrogen-bond donors (Lipinski definition) is 3. The number of imide groups is 1. The van der Waals surface area contributed by atoms with E-state index in [1.54, 1.807) is 65.8 Å². The van der Waals surface area contributed by atoms with Gasteiger partial charge in [-0.05, 0) is 107 Å². The van der Waals surface area contributed by atoms with Gasteiger partial charge in [-0.15, -0.1) is 11.3 Å². The fourth-order valence-corrected chi connectivity index (χ4v) is 11.0. The Morgan fingerprint density at radius 3 is 2.49 bits per heavy atom. The summed E-state index contributed by atoms with van der Waals surface area (Å²) in [7, 11) is 1.77. The van der Waals surface area contributed by atoms with Crippen molar-refractivity contribution in [3.63, 3.8) is 0 Å². The predicted molar refractivity (Wildman–Crippen MR) is 221 cm³/mol. The summed E-state index contributed by atoms with van der Waals surface area (Å²) >= 11 is 1.69. The second-order valence-corrected chi connectivity index (χ2v) is 18.4. The van der Waals surface area contributed by atoms with Crippen LogP contribution in [-0.2, 0) is 22.2 Å². The minimum Gasteiger partial charge on any atom is -0.386 e. The molecule has 0 bridgehead atoms. The Balaban J connectivity index is 0.797. The summed E-state index contributed by atoms with van der Waals surface area (Å²) in [4.78, 5) is 65.3. The lowest BCUT2D eigenvalue weighted by molar-refractivity contribution is -0.135. The molecule has 3 aromatic heterocycles. The SMILES string of the molecule is Cn1c(=O)n(C2CCC(=O)NC2=O)c2cccc(N3CCC4(CC3)CN(CC3CCC(c5nc6cc(C(C)(C)O)c(NC(=O)c7ccccn7)cc6s5)CC3)C4)c21. The topological polar surface area (TPSA) is 155 Å². The normalized spacial score (nSPS) is 22.9. The number of carbonyl (C=O) groups is 3. The van der Waals surface area contributed by atoms with Gasteiger partial charge in [-0.25, -0.2) is 9.78 Å². The number of aromatic nitrogens is 4. The van der Waals surface area contributed by atoms with Crippen molar-refractivity contribution in [2.45, 2.75) is 82.8 Å². The molecule has 298 valence electrons. The first-order valence-corrected chi connectivity index (χ1v) is 21.1. The van der Waals surface area contributed by atoms with E-state index in [9.17, 15) is 24.3 Å². The molecule has 6 heterocycles. The molecule has 1 unspecified atom stereocenters. The lowest BCUT2D eigenvalue weighted by atomic mass is 9.71. The number of amides is 3. The third kappa shape index (κ3) is 7.05. The first-order valence-electron chi connectivity index (χ1n) is 20.3. The van der Waals surface area contributed by atoms with Crippen molar-refractivity contribution in [1.82, 2.24) is 29.3 Å². The third-order valence-electron chi connectivity index (χ3n) is 12.9. The highest BCUT2D eigenvalue weighted by Gasteiger charge is 2.45. The number of hydrogen-bond acceptors (Lipinski definition) is 10. The Labute approximate surface area is 335 Å². The van der Waals surface area contributed by atoms with Crippen LogP contribution in [0.4, 0.5) is 11.4 Å². The van der Waals surface area contributed by atoms with Crippen molar-refractivity contribution in [2.75, 3.05) is 42.9 Å². The number of carbonyl (C=O) groups excluding carboxylic acids is 3. The molecule has 4 aliphatic rings. The van der Waals surface area contributed by atoms with Crippen molar-refractivity contribution in [3.05, 3.63) is 81.5 Å². The van der Waals surface area contributed by atoms with Crippen LogP contribution < -0.4 is 21.2 Å². The first-order chi connectivity index (χ1) is 27.4. The van der Waals surface area contributed by atoms with Crippen molar-refractivity contribution < 1.29 is 19.5 Å². The fourth-order valence-electron chi connectivity index (χ4n) is 9.89. The van der Waals surface area contributed by atoms with E-state index in [2.05, 4.69) is 31.5 Å². The smallest absolute Gasteiger partial charge is 0.329 e. The van der Waals surface area contributed by atoms with Crippen LogP contribution in [-0.4, -0.2) is 79.6 Å². The number of aliphatic hydroxyl groups is 1. The summed E-state index contributed by atoms with van der Waals surface area (Å²) in [5.41, 5.74) is 3.92. The predicted octanol–water partition coefficient (Wildman–Crippen LogP) is 5.68. The molecular formula is C43H50N8O5S. The lowest BCUT2D eigenvalue weighted by Gasteiger charge is -2.55. The van der Waals surface area contributed by atoms with E-state index >= 15 is 0 Å². The van der Waals surface area contributed by atoms with Gasteiger partial charge in [0.15, 0.2) is 0 Å². The standard InChI is InChI=1S/C43H50N8O5S/c1-42(2,56)28-21-31-35(22-30(28)45-38(53)29-7-4-5-18-44-29)57-40(46-31)27-12-10-26(11-13-27)23-49-24-43(25-49)16-19-50(20-17-43)32-8-6-9-33-37(32)48(3)41(55)51(33)34-14-15-36(52)47-39(34)54/h4-9,18,21-22,26-27,34,56H,10-17,19-20,23-25H2,1-3H3,(H,45,53)(H,47,52,54). The van der Waals surface area contributed by atoms with Crippen molar-refractivity contribution in [3.8, 4) is 0 Å². The second-order valence-electron chi connectivity index (χ2n) is 17.3. The average molecular weight is 791 g/mol. The molecule has 14 heteroatoms. The number of nitrogens with zero attached hydrogens (tertiary/aromatic N) is 6. The van der Waals surface area contributed by atoms with Crippen LogP contribution in [0.15, 0.2) is 59.5 Å². The summed E-state index contributed by atoms with van der Waals surface area (Å²) in [5, 5.41) is 17.5. The van der Waals surface area contributed by atoms with Crippen LogP contribution in [0.2, 0.25) is 0 Å². The molecule has 1 aliphatic carbocycles. The minimum atomic E-state index is -1.17. The molecule has 1 saturated carbocycles. The molecule has 3 aliphatic heterocycles. The van der Waals surface area contributed by atoms with Gasteiger partial charge < -0.3 is 20.2 Å². The van der Waals surface area contributed by atoms with Gasteiger partial charge in [-0.3, -0.25) is 33.8 Å². The number of thiazole rings is 1. The van der Waals surface area contributed by atoms with Gasteiger partial charge in [0.1, 0.15) is 11.7 Å². The molecule has 1 spiro atoms. The van der Waals surface area contributed by atoms with Crippen LogP contribution in [0.5, 0.6) is 0 Å². The van der Waals surface area contributed by atoms with Gasteiger partial charge in [0.25, 0.3) is 5.91 Å². The highest BCUT2D eigenvalue weighted by molar-refractivity contribution is 7.18. The maximum Gasteiger partial charge on any atom is 0.329 e. The van der Waals surface area contributed by atoms with Gasteiger partial charge in [0.05, 0.1) is 37.5 Å². The highest BCUT2D eigenvalue weighted by atomic mass is 32.1. The van der Waals surface area contributed by atoms with E-state index in [0.717, 1.165) is 90.4 Å². The van der Waals surface area contributed by atoms with Crippen LogP contribution in [0.1, 0.15) is 98.2 Å². The van der Waals surface area contributed by atoms with E-state index in [1.165, 1.54) is 12.8 Å². The number of imidazole rings is 1. The number of piperidine rings is 2. The third-order valence-corrected chi connectivity index (χ3v) is 14.1. The van der Waals surface area contributed by atoms with Crippen LogP contribution in [0, 0.1) is 11.3 Å². The van der Waals surface area contributed by atoms with Crippen molar-refractivity contribution in [1.29, 1.82) is 0 Å². The second kappa shape index (κ2) is 14.5. The Hall–Kier alpha value is -4.92. The molecule has 1 atom stereocenters. The molecule has 3 saturated heterocycles. The van der Waals surface area contributed by atoms with E-state index < -0.39 is 17.6 Å². The molecule has 5 aromatic rings. The summed E-state index contributed by atoms with van der Waals surface area (Å²) in [5.74, 6) is 0.0692. The van der Waals surface area contributed by atoms with Gasteiger partial charge in [0.2, 0.25) is 11.8 Å². The first kappa shape index (κ1) is 37.6. The number of likely N-dealkylation sites (tertiary alicyclic amines) is 1. The number of fused-ring (bicyclic) bond motifs is 2. The fraction of sp³-hybridized carbons (Fsp3) is 0.488. The number of rotatable bonds is 8. The quantitative estimate of drug-likeness (QED) is 0.169. The number of anilines is 2. The molecule has 3 amide bonds. The molecule has 13 nitrogen and oxygen atoms in total. The Morgan fingerprint density at radius 2 is 1.79 bits per heavy atom. The Bertz CT molecular complexity index is 2420. The molecule has 9 rings (SSSR count). The zero-order valence-electron chi connectivity index (χ0n) is 32.8. The number of aryl methyl sites for hydroxylation is 1. The van der Waals surface area contributed by atoms with Gasteiger partial charge in [-0.2, -0.15) is 0 Å². The van der Waals surface area contributed by atoms with E-state index in [-0.39, 0.29) is 23.9 Å². The van der Waals surface area contributed by atoms with Crippen LogP contribution >= 0.6 is 11.3 Å². The highest BCUT2D eigenvalue weighted by Crippen LogP contribution is 2.45. The molecular weight excluding hydrogens is 741 g/mol. The molecule has 4 fully saturated rings. The van der Waals surface area contributed by atoms with Gasteiger partial charge in [-0.1, -0.05) is 12.1 Å². The van der Waals surface area contributed by atoms with Crippen molar-refractivity contribution in [2.24, 2.45) is 18.4 Å².